The predicted molar refractivity (Wildman–Crippen MR) is 77.8 cm³/mol. The van der Waals surface area contributed by atoms with Gasteiger partial charge >= 0.3 is 0 Å². The number of benzene rings is 1. The van der Waals surface area contributed by atoms with Crippen molar-refractivity contribution in [3.63, 3.8) is 0 Å². The maximum Gasteiger partial charge on any atom is 0.287 e. The van der Waals surface area contributed by atoms with Gasteiger partial charge in [-0.1, -0.05) is 23.7 Å². The highest BCUT2D eigenvalue weighted by atomic mass is 35.5. The minimum absolute atomic E-state index is 0.0326. The normalized spacial score (nSPS) is 15.9. The molecule has 0 aliphatic heterocycles. The van der Waals surface area contributed by atoms with Crippen LogP contribution in [-0.4, -0.2) is 5.91 Å². The number of halogens is 1. The average Bonchev–Trinajstić information content (AvgIpc) is 3.18. The molecule has 1 aromatic carbocycles. The standard InChI is InChI=1S/C16H16ClNO2/c1-10-2-9-14(20-10)16(19)18-15(11-3-4-11)12-5-7-13(17)8-6-12/h2,5-9,11,15H,3-4H2,1H3,(H,18,19). The Hall–Kier alpha value is -1.74. The highest BCUT2D eigenvalue weighted by Crippen LogP contribution is 2.41. The van der Waals surface area contributed by atoms with E-state index in [1.165, 1.54) is 0 Å². The highest BCUT2D eigenvalue weighted by molar-refractivity contribution is 6.30. The van der Waals surface area contributed by atoms with Crippen molar-refractivity contribution in [3.05, 3.63) is 58.5 Å². The van der Waals surface area contributed by atoms with Gasteiger partial charge in [0.1, 0.15) is 5.76 Å². The fourth-order valence-electron chi connectivity index (χ4n) is 2.34. The molecule has 0 spiro atoms. The Morgan fingerprint density at radius 2 is 1.95 bits per heavy atom. The van der Waals surface area contributed by atoms with Gasteiger partial charge in [0.2, 0.25) is 0 Å². The molecule has 1 aromatic heterocycles. The molecule has 1 N–H and O–H groups in total. The second-order valence-corrected chi connectivity index (χ2v) is 5.69. The van der Waals surface area contributed by atoms with Gasteiger partial charge in [-0.05, 0) is 55.5 Å². The first-order valence-electron chi connectivity index (χ1n) is 6.76. The Bertz CT molecular complexity index is 614. The summed E-state index contributed by atoms with van der Waals surface area (Å²) in [4.78, 5) is 12.2. The zero-order valence-corrected chi connectivity index (χ0v) is 12.0. The van der Waals surface area contributed by atoms with E-state index in [2.05, 4.69) is 5.32 Å². The van der Waals surface area contributed by atoms with Crippen LogP contribution in [0.25, 0.3) is 0 Å². The van der Waals surface area contributed by atoms with E-state index >= 15 is 0 Å². The lowest BCUT2D eigenvalue weighted by atomic mass is 10.0. The third-order valence-electron chi connectivity index (χ3n) is 3.57. The highest BCUT2D eigenvalue weighted by Gasteiger charge is 2.34. The number of furan rings is 1. The van der Waals surface area contributed by atoms with Gasteiger partial charge < -0.3 is 9.73 Å². The van der Waals surface area contributed by atoms with E-state index in [0.717, 1.165) is 24.2 Å². The van der Waals surface area contributed by atoms with Crippen LogP contribution in [0.3, 0.4) is 0 Å². The number of nitrogens with one attached hydrogen (secondary N) is 1. The van der Waals surface area contributed by atoms with Crippen LogP contribution in [0, 0.1) is 12.8 Å². The van der Waals surface area contributed by atoms with E-state index in [1.54, 1.807) is 12.1 Å². The average molecular weight is 290 g/mol. The molecule has 1 fully saturated rings. The third kappa shape index (κ3) is 2.88. The first-order valence-corrected chi connectivity index (χ1v) is 7.14. The first-order chi connectivity index (χ1) is 9.63. The maximum atomic E-state index is 12.2. The van der Waals surface area contributed by atoms with Crippen molar-refractivity contribution in [2.75, 3.05) is 0 Å². The van der Waals surface area contributed by atoms with Crippen molar-refractivity contribution in [2.24, 2.45) is 5.92 Å². The fourth-order valence-corrected chi connectivity index (χ4v) is 2.47. The summed E-state index contributed by atoms with van der Waals surface area (Å²) >= 11 is 5.91. The Labute approximate surface area is 122 Å². The lowest BCUT2D eigenvalue weighted by Gasteiger charge is -2.18. The van der Waals surface area contributed by atoms with Gasteiger partial charge in [-0.2, -0.15) is 0 Å². The van der Waals surface area contributed by atoms with E-state index < -0.39 is 0 Å². The van der Waals surface area contributed by atoms with Gasteiger partial charge in [0.25, 0.3) is 5.91 Å². The van der Waals surface area contributed by atoms with E-state index in [9.17, 15) is 4.79 Å². The van der Waals surface area contributed by atoms with Crippen LogP contribution in [0.2, 0.25) is 5.02 Å². The molecule has 0 bridgehead atoms. The van der Waals surface area contributed by atoms with Crippen LogP contribution < -0.4 is 5.32 Å². The fraction of sp³-hybridized carbons (Fsp3) is 0.312. The van der Waals surface area contributed by atoms with Gasteiger partial charge in [0.15, 0.2) is 5.76 Å². The number of rotatable bonds is 4. The Balaban J connectivity index is 1.78. The van der Waals surface area contributed by atoms with Crippen molar-refractivity contribution in [3.8, 4) is 0 Å². The van der Waals surface area contributed by atoms with Gasteiger partial charge in [-0.3, -0.25) is 4.79 Å². The zero-order chi connectivity index (χ0) is 14.1. The number of aryl methyl sites for hydroxylation is 1. The van der Waals surface area contributed by atoms with Crippen LogP contribution in [0.15, 0.2) is 40.8 Å². The van der Waals surface area contributed by atoms with E-state index in [-0.39, 0.29) is 11.9 Å². The molecule has 1 aliphatic rings. The molecule has 1 heterocycles. The van der Waals surface area contributed by atoms with Gasteiger partial charge in [-0.25, -0.2) is 0 Å². The first kappa shape index (κ1) is 13.3. The number of hydrogen-bond acceptors (Lipinski definition) is 2. The van der Waals surface area contributed by atoms with Crippen molar-refractivity contribution < 1.29 is 9.21 Å². The summed E-state index contributed by atoms with van der Waals surface area (Å²) in [5.41, 5.74) is 1.09. The molecule has 1 atom stereocenters. The molecule has 3 nitrogen and oxygen atoms in total. The topological polar surface area (TPSA) is 42.2 Å². The zero-order valence-electron chi connectivity index (χ0n) is 11.2. The van der Waals surface area contributed by atoms with E-state index in [0.29, 0.717) is 16.7 Å². The van der Waals surface area contributed by atoms with Crippen molar-refractivity contribution in [1.82, 2.24) is 5.32 Å². The summed E-state index contributed by atoms with van der Waals surface area (Å²) < 4.78 is 5.37. The second kappa shape index (κ2) is 5.33. The lowest BCUT2D eigenvalue weighted by molar-refractivity contribution is 0.0902. The second-order valence-electron chi connectivity index (χ2n) is 5.25. The van der Waals surface area contributed by atoms with E-state index in [4.69, 9.17) is 16.0 Å². The van der Waals surface area contributed by atoms with Crippen LogP contribution in [0.1, 0.15) is 40.8 Å². The molecule has 3 rings (SSSR count). The number of amides is 1. The van der Waals surface area contributed by atoms with Crippen molar-refractivity contribution in [2.45, 2.75) is 25.8 Å². The van der Waals surface area contributed by atoms with Crippen LogP contribution in [0.4, 0.5) is 0 Å². The molecule has 0 radical (unpaired) electrons. The monoisotopic (exact) mass is 289 g/mol. The Morgan fingerprint density at radius 1 is 1.25 bits per heavy atom. The maximum absolute atomic E-state index is 12.2. The summed E-state index contributed by atoms with van der Waals surface area (Å²) in [5.74, 6) is 1.45. The smallest absolute Gasteiger partial charge is 0.287 e. The lowest BCUT2D eigenvalue weighted by Crippen LogP contribution is -2.29. The van der Waals surface area contributed by atoms with Crippen molar-refractivity contribution >= 4 is 17.5 Å². The minimum atomic E-state index is -0.162. The quantitative estimate of drug-likeness (QED) is 0.920. The summed E-state index contributed by atoms with van der Waals surface area (Å²) in [6.45, 7) is 1.83. The molecule has 1 amide bonds. The predicted octanol–water partition coefficient (Wildman–Crippen LogP) is 4.12. The SMILES string of the molecule is Cc1ccc(C(=O)NC(c2ccc(Cl)cc2)C2CC2)o1. The molecule has 104 valence electrons. The molecule has 1 unspecified atom stereocenters. The largest absolute Gasteiger partial charge is 0.456 e. The minimum Gasteiger partial charge on any atom is -0.456 e. The Kier molecular flexibility index (Phi) is 3.53. The number of hydrogen-bond donors (Lipinski definition) is 1. The Morgan fingerprint density at radius 3 is 2.50 bits per heavy atom. The molecule has 20 heavy (non-hydrogen) atoms. The van der Waals surface area contributed by atoms with Crippen LogP contribution in [-0.2, 0) is 0 Å². The number of carbonyl (C=O) groups excluding carboxylic acids is 1. The summed E-state index contributed by atoms with van der Waals surface area (Å²) in [6.07, 6.45) is 2.29. The van der Waals surface area contributed by atoms with Crippen LogP contribution in [0.5, 0.6) is 0 Å². The van der Waals surface area contributed by atoms with Crippen molar-refractivity contribution in [1.29, 1.82) is 0 Å². The molecular weight excluding hydrogens is 274 g/mol. The van der Waals surface area contributed by atoms with E-state index in [1.807, 2.05) is 31.2 Å². The number of carbonyl (C=O) groups is 1. The molecule has 1 aliphatic carbocycles. The molecule has 2 aromatic rings. The van der Waals surface area contributed by atoms with Gasteiger partial charge in [0, 0.05) is 5.02 Å². The summed E-state index contributed by atoms with van der Waals surface area (Å²) in [5, 5.41) is 3.77. The summed E-state index contributed by atoms with van der Waals surface area (Å²) in [6, 6.07) is 11.2. The molecular formula is C16H16ClNO2. The molecule has 1 saturated carbocycles. The molecule has 4 heteroatoms. The summed E-state index contributed by atoms with van der Waals surface area (Å²) in [7, 11) is 0. The van der Waals surface area contributed by atoms with Gasteiger partial charge in [-0.15, -0.1) is 0 Å². The molecule has 0 saturated heterocycles. The van der Waals surface area contributed by atoms with Crippen LogP contribution >= 0.6 is 11.6 Å². The third-order valence-corrected chi connectivity index (χ3v) is 3.83. The van der Waals surface area contributed by atoms with Gasteiger partial charge in [0.05, 0.1) is 6.04 Å².